The Morgan fingerprint density at radius 1 is 1.26 bits per heavy atom. The van der Waals surface area contributed by atoms with Gasteiger partial charge in [-0.2, -0.15) is 0 Å². The van der Waals surface area contributed by atoms with Crippen LogP contribution in [0.15, 0.2) is 41.3 Å². The molecule has 9 heteroatoms. The highest BCUT2D eigenvalue weighted by Gasteiger charge is 2.28. The van der Waals surface area contributed by atoms with Gasteiger partial charge in [-0.3, -0.25) is 0 Å². The van der Waals surface area contributed by atoms with E-state index in [1.165, 1.54) is 6.07 Å². The Morgan fingerprint density at radius 2 is 2.00 bits per heavy atom. The van der Waals surface area contributed by atoms with Crippen LogP contribution in [0, 0.1) is 5.82 Å². The highest BCUT2D eigenvalue weighted by molar-refractivity contribution is 7.89. The number of fused-ring (bicyclic) bond motifs is 1. The maximum absolute atomic E-state index is 13.4. The van der Waals surface area contributed by atoms with Gasteiger partial charge in [-0.15, -0.1) is 0 Å². The molecule has 0 radical (unpaired) electrons. The summed E-state index contributed by atoms with van der Waals surface area (Å²) >= 11 is 5.74. The zero-order valence-electron chi connectivity index (χ0n) is 17.6. The third-order valence-corrected chi connectivity index (χ3v) is 6.49. The zero-order valence-corrected chi connectivity index (χ0v) is 19.1. The summed E-state index contributed by atoms with van der Waals surface area (Å²) in [5.41, 5.74) is 1.02. The van der Waals surface area contributed by atoms with E-state index in [1.807, 2.05) is 6.07 Å². The van der Waals surface area contributed by atoms with Crippen LogP contribution in [0.2, 0.25) is 5.02 Å². The van der Waals surface area contributed by atoms with Crippen molar-refractivity contribution in [1.82, 2.24) is 4.72 Å². The Balaban J connectivity index is 1.79. The van der Waals surface area contributed by atoms with E-state index in [0.717, 1.165) is 29.7 Å². The van der Waals surface area contributed by atoms with Gasteiger partial charge in [0.05, 0.1) is 9.92 Å². The number of carbonyl (C=O) groups is 1. The first-order chi connectivity index (χ1) is 14.5. The lowest BCUT2D eigenvalue weighted by Gasteiger charge is -2.28. The fourth-order valence-corrected chi connectivity index (χ4v) is 5.00. The predicted octanol–water partition coefficient (Wildman–Crippen LogP) is 4.56. The number of hydrogen-bond donors (Lipinski definition) is 1. The van der Waals surface area contributed by atoms with Crippen molar-refractivity contribution in [1.29, 1.82) is 0 Å². The van der Waals surface area contributed by atoms with Crippen molar-refractivity contribution in [3.05, 3.63) is 58.4 Å². The lowest BCUT2D eigenvalue weighted by Crippen LogP contribution is -2.31. The second-order valence-corrected chi connectivity index (χ2v) is 10.5. The standard InChI is InChI=1S/C22H25ClFNO5S/c1-22(2,3)30-21(26)13-29-20-9-5-6-15-16(20)7-4-8-19(15)25-31(27,28)14-10-11-18(24)17(23)12-14/h5-6,9-12,19,25H,4,7-8,13H2,1-3H3. The molecule has 0 bridgehead atoms. The first-order valence-electron chi connectivity index (χ1n) is 9.90. The number of carbonyl (C=O) groups excluding carboxylic acids is 1. The van der Waals surface area contributed by atoms with Crippen LogP contribution >= 0.6 is 11.6 Å². The molecule has 1 atom stereocenters. The molecule has 0 fully saturated rings. The average Bonchev–Trinajstić information content (AvgIpc) is 2.67. The van der Waals surface area contributed by atoms with Crippen molar-refractivity contribution in [2.75, 3.05) is 6.61 Å². The number of halogens is 2. The average molecular weight is 470 g/mol. The zero-order chi connectivity index (χ0) is 22.8. The summed E-state index contributed by atoms with van der Waals surface area (Å²) in [5.74, 6) is -0.640. The maximum Gasteiger partial charge on any atom is 0.344 e. The molecule has 1 aliphatic carbocycles. The largest absolute Gasteiger partial charge is 0.482 e. The van der Waals surface area contributed by atoms with Gasteiger partial charge >= 0.3 is 5.97 Å². The van der Waals surface area contributed by atoms with Gasteiger partial charge in [0, 0.05) is 6.04 Å². The van der Waals surface area contributed by atoms with Crippen molar-refractivity contribution in [2.24, 2.45) is 0 Å². The Labute approximate surface area is 186 Å². The molecule has 1 N–H and O–H groups in total. The fourth-order valence-electron chi connectivity index (χ4n) is 3.48. The minimum absolute atomic E-state index is 0.108. The molecule has 0 saturated carbocycles. The van der Waals surface area contributed by atoms with E-state index in [-0.39, 0.29) is 16.5 Å². The maximum atomic E-state index is 13.4. The molecule has 1 aliphatic rings. The van der Waals surface area contributed by atoms with Gasteiger partial charge in [-0.25, -0.2) is 22.3 Å². The number of esters is 1. The van der Waals surface area contributed by atoms with Crippen LogP contribution in [0.25, 0.3) is 0 Å². The van der Waals surface area contributed by atoms with Crippen LogP contribution in [0.4, 0.5) is 4.39 Å². The van der Waals surface area contributed by atoms with Crippen LogP contribution in [0.3, 0.4) is 0 Å². The van der Waals surface area contributed by atoms with Gasteiger partial charge in [0.1, 0.15) is 17.2 Å². The topological polar surface area (TPSA) is 81.7 Å². The number of rotatable bonds is 6. The molecule has 0 amide bonds. The summed E-state index contributed by atoms with van der Waals surface area (Å²) in [6.07, 6.45) is 2.02. The normalized spacial score (nSPS) is 16.5. The molecular formula is C22H25ClFNO5S. The van der Waals surface area contributed by atoms with Crippen LogP contribution in [0.5, 0.6) is 5.75 Å². The summed E-state index contributed by atoms with van der Waals surface area (Å²) in [6, 6.07) is 8.14. The number of ether oxygens (including phenoxy) is 2. The van der Waals surface area contributed by atoms with Crippen molar-refractivity contribution in [2.45, 2.75) is 56.6 Å². The van der Waals surface area contributed by atoms with E-state index >= 15 is 0 Å². The van der Waals surface area contributed by atoms with Crippen LogP contribution < -0.4 is 9.46 Å². The van der Waals surface area contributed by atoms with E-state index in [1.54, 1.807) is 32.9 Å². The predicted molar refractivity (Wildman–Crippen MR) is 115 cm³/mol. The second kappa shape index (κ2) is 9.14. The molecule has 0 aromatic heterocycles. The van der Waals surface area contributed by atoms with Gasteiger partial charge in [0.2, 0.25) is 10.0 Å². The molecular weight excluding hydrogens is 445 g/mol. The molecule has 31 heavy (non-hydrogen) atoms. The van der Waals surface area contributed by atoms with Crippen molar-refractivity contribution < 1.29 is 27.1 Å². The van der Waals surface area contributed by atoms with Gasteiger partial charge < -0.3 is 9.47 Å². The number of benzene rings is 2. The fraction of sp³-hybridized carbons (Fsp3) is 0.409. The van der Waals surface area contributed by atoms with E-state index < -0.39 is 33.5 Å². The van der Waals surface area contributed by atoms with E-state index in [4.69, 9.17) is 21.1 Å². The number of nitrogens with one attached hydrogen (secondary N) is 1. The molecule has 0 spiro atoms. The Hall–Kier alpha value is -2.16. The Morgan fingerprint density at radius 3 is 2.68 bits per heavy atom. The van der Waals surface area contributed by atoms with Crippen LogP contribution in [-0.4, -0.2) is 26.6 Å². The quantitative estimate of drug-likeness (QED) is 0.627. The first kappa shape index (κ1) is 23.5. The van der Waals surface area contributed by atoms with Gasteiger partial charge in [-0.05, 0) is 75.4 Å². The third-order valence-electron chi connectivity index (χ3n) is 4.73. The lowest BCUT2D eigenvalue weighted by atomic mass is 9.87. The van der Waals surface area contributed by atoms with E-state index in [2.05, 4.69) is 4.72 Å². The minimum atomic E-state index is -3.92. The first-order valence-corrected chi connectivity index (χ1v) is 11.8. The van der Waals surface area contributed by atoms with Crippen molar-refractivity contribution in [3.8, 4) is 5.75 Å². The third kappa shape index (κ3) is 5.96. The molecule has 0 saturated heterocycles. The van der Waals surface area contributed by atoms with Gasteiger partial charge in [0.15, 0.2) is 6.61 Å². The van der Waals surface area contributed by atoms with Crippen LogP contribution in [-0.2, 0) is 26.0 Å². The summed E-state index contributed by atoms with van der Waals surface area (Å²) < 4.78 is 52.7. The highest BCUT2D eigenvalue weighted by Crippen LogP contribution is 2.36. The molecule has 0 aliphatic heterocycles. The summed E-state index contributed by atoms with van der Waals surface area (Å²) in [5, 5.41) is -0.259. The number of sulfonamides is 1. The molecule has 168 valence electrons. The molecule has 6 nitrogen and oxygen atoms in total. The molecule has 2 aromatic rings. The molecule has 3 rings (SSSR count). The second-order valence-electron chi connectivity index (χ2n) is 8.34. The SMILES string of the molecule is CC(C)(C)OC(=O)COc1cccc2c1CCCC2NS(=O)(=O)c1ccc(F)c(Cl)c1. The van der Waals surface area contributed by atoms with Crippen molar-refractivity contribution >= 4 is 27.6 Å². The Bertz CT molecular complexity index is 1080. The molecule has 1 unspecified atom stereocenters. The summed E-state index contributed by atoms with van der Waals surface area (Å²) in [7, 11) is -3.92. The number of hydrogen-bond acceptors (Lipinski definition) is 5. The highest BCUT2D eigenvalue weighted by atomic mass is 35.5. The van der Waals surface area contributed by atoms with Crippen molar-refractivity contribution in [3.63, 3.8) is 0 Å². The smallest absolute Gasteiger partial charge is 0.344 e. The van der Waals surface area contributed by atoms with Crippen LogP contribution in [0.1, 0.15) is 50.8 Å². The van der Waals surface area contributed by atoms with E-state index in [9.17, 15) is 17.6 Å². The molecule has 2 aromatic carbocycles. The summed E-state index contributed by atoms with van der Waals surface area (Å²) in [6.45, 7) is 5.10. The minimum Gasteiger partial charge on any atom is -0.482 e. The van der Waals surface area contributed by atoms with Gasteiger partial charge in [0.25, 0.3) is 0 Å². The lowest BCUT2D eigenvalue weighted by molar-refractivity contribution is -0.157. The van der Waals surface area contributed by atoms with Gasteiger partial charge in [-0.1, -0.05) is 23.7 Å². The molecule has 0 heterocycles. The Kier molecular flexibility index (Phi) is 6.93. The van der Waals surface area contributed by atoms with E-state index in [0.29, 0.717) is 18.6 Å². The monoisotopic (exact) mass is 469 g/mol. The summed E-state index contributed by atoms with van der Waals surface area (Å²) in [4.78, 5) is 11.9.